The average molecular weight is 261 g/mol. The van der Waals surface area contributed by atoms with Crippen molar-refractivity contribution < 1.29 is 0 Å². The number of hydrogen-bond acceptors (Lipinski definition) is 1. The quantitative estimate of drug-likeness (QED) is 0.632. The molecule has 0 aliphatic carbocycles. The van der Waals surface area contributed by atoms with Crippen LogP contribution in [0.25, 0.3) is 0 Å². The molecule has 0 saturated heterocycles. The van der Waals surface area contributed by atoms with Crippen LogP contribution in [0, 0.1) is 20.8 Å². The minimum Gasteiger partial charge on any atom is -0.310 e. The van der Waals surface area contributed by atoms with Crippen LogP contribution in [0.1, 0.15) is 74.2 Å². The first-order valence-corrected chi connectivity index (χ1v) is 7.91. The summed E-state index contributed by atoms with van der Waals surface area (Å²) in [5.41, 5.74) is 5.76. The van der Waals surface area contributed by atoms with Crippen molar-refractivity contribution >= 4 is 0 Å². The molecule has 1 N–H and O–H groups in total. The van der Waals surface area contributed by atoms with Gasteiger partial charge in [0.1, 0.15) is 0 Å². The smallest absolute Gasteiger partial charge is 0.0322 e. The molecule has 1 unspecified atom stereocenters. The summed E-state index contributed by atoms with van der Waals surface area (Å²) in [6.07, 6.45) is 6.64. The fraction of sp³-hybridized carbons (Fsp3) is 0.667. The highest BCUT2D eigenvalue weighted by Gasteiger charge is 2.13. The van der Waals surface area contributed by atoms with E-state index < -0.39 is 0 Å². The van der Waals surface area contributed by atoms with Gasteiger partial charge in [-0.15, -0.1) is 0 Å². The van der Waals surface area contributed by atoms with Crippen molar-refractivity contribution in [1.29, 1.82) is 0 Å². The van der Waals surface area contributed by atoms with E-state index in [2.05, 4.69) is 52.1 Å². The molecule has 0 aliphatic heterocycles. The molecule has 0 amide bonds. The number of benzene rings is 1. The molecule has 0 fully saturated rings. The molecule has 0 radical (unpaired) electrons. The summed E-state index contributed by atoms with van der Waals surface area (Å²) in [5, 5.41) is 3.66. The molecule has 0 saturated carbocycles. The van der Waals surface area contributed by atoms with E-state index in [9.17, 15) is 0 Å². The fourth-order valence-electron chi connectivity index (χ4n) is 2.75. The van der Waals surface area contributed by atoms with Crippen molar-refractivity contribution in [1.82, 2.24) is 5.32 Å². The SMILES string of the molecule is CCCCCCC(NCC)c1cc(C)c(C)cc1C. The summed E-state index contributed by atoms with van der Waals surface area (Å²) in [5.74, 6) is 0. The van der Waals surface area contributed by atoms with Gasteiger partial charge in [-0.1, -0.05) is 51.7 Å². The Morgan fingerprint density at radius 1 is 0.895 bits per heavy atom. The second kappa shape index (κ2) is 8.37. The van der Waals surface area contributed by atoms with Crippen LogP contribution in [0.15, 0.2) is 12.1 Å². The lowest BCUT2D eigenvalue weighted by molar-refractivity contribution is 0.480. The maximum absolute atomic E-state index is 3.66. The van der Waals surface area contributed by atoms with E-state index in [1.165, 1.54) is 54.4 Å². The summed E-state index contributed by atoms with van der Waals surface area (Å²) in [4.78, 5) is 0. The summed E-state index contributed by atoms with van der Waals surface area (Å²) >= 11 is 0. The zero-order valence-corrected chi connectivity index (χ0v) is 13.5. The highest BCUT2D eigenvalue weighted by atomic mass is 14.9. The van der Waals surface area contributed by atoms with Gasteiger partial charge in [0, 0.05) is 6.04 Å². The lowest BCUT2D eigenvalue weighted by Gasteiger charge is -2.22. The first-order chi connectivity index (χ1) is 9.10. The standard InChI is InChI=1S/C18H31N/c1-6-8-9-10-11-18(19-7-2)17-13-15(4)14(3)12-16(17)5/h12-13,18-19H,6-11H2,1-5H3. The Bertz CT molecular complexity index is 382. The molecule has 1 aromatic carbocycles. The van der Waals surface area contributed by atoms with Crippen molar-refractivity contribution in [2.24, 2.45) is 0 Å². The van der Waals surface area contributed by atoms with Gasteiger partial charge < -0.3 is 5.32 Å². The van der Waals surface area contributed by atoms with Crippen LogP contribution in [0.2, 0.25) is 0 Å². The second-order valence-electron chi connectivity index (χ2n) is 5.75. The molecule has 0 heterocycles. The van der Waals surface area contributed by atoms with Gasteiger partial charge >= 0.3 is 0 Å². The molecule has 1 heteroatoms. The number of hydrogen-bond donors (Lipinski definition) is 1. The van der Waals surface area contributed by atoms with Gasteiger partial charge in [-0.3, -0.25) is 0 Å². The normalized spacial score (nSPS) is 12.7. The van der Waals surface area contributed by atoms with Gasteiger partial charge in [-0.25, -0.2) is 0 Å². The van der Waals surface area contributed by atoms with Crippen LogP contribution in [0.5, 0.6) is 0 Å². The molecular weight excluding hydrogens is 230 g/mol. The lowest BCUT2D eigenvalue weighted by Crippen LogP contribution is -2.22. The third-order valence-electron chi connectivity index (χ3n) is 4.05. The van der Waals surface area contributed by atoms with E-state index in [-0.39, 0.29) is 0 Å². The Hall–Kier alpha value is -0.820. The molecule has 0 aliphatic rings. The van der Waals surface area contributed by atoms with E-state index in [4.69, 9.17) is 0 Å². The van der Waals surface area contributed by atoms with E-state index in [0.717, 1.165) is 6.54 Å². The van der Waals surface area contributed by atoms with Crippen LogP contribution in [-0.4, -0.2) is 6.54 Å². The van der Waals surface area contributed by atoms with Gasteiger partial charge in [-0.05, 0) is 56.0 Å². The van der Waals surface area contributed by atoms with Gasteiger partial charge in [0.2, 0.25) is 0 Å². The molecule has 1 nitrogen and oxygen atoms in total. The molecule has 108 valence electrons. The number of aryl methyl sites for hydroxylation is 3. The van der Waals surface area contributed by atoms with Gasteiger partial charge in [0.25, 0.3) is 0 Å². The summed E-state index contributed by atoms with van der Waals surface area (Å²) in [6.45, 7) is 12.2. The monoisotopic (exact) mass is 261 g/mol. The first kappa shape index (κ1) is 16.2. The molecule has 0 aromatic heterocycles. The second-order valence-corrected chi connectivity index (χ2v) is 5.75. The number of unbranched alkanes of at least 4 members (excludes halogenated alkanes) is 3. The highest BCUT2D eigenvalue weighted by molar-refractivity contribution is 5.38. The van der Waals surface area contributed by atoms with E-state index in [1.54, 1.807) is 0 Å². The third-order valence-corrected chi connectivity index (χ3v) is 4.05. The van der Waals surface area contributed by atoms with Gasteiger partial charge in [0.05, 0.1) is 0 Å². The van der Waals surface area contributed by atoms with Crippen molar-refractivity contribution in [2.75, 3.05) is 6.54 Å². The van der Waals surface area contributed by atoms with Crippen molar-refractivity contribution in [3.63, 3.8) is 0 Å². The van der Waals surface area contributed by atoms with Crippen molar-refractivity contribution in [3.05, 3.63) is 34.4 Å². The van der Waals surface area contributed by atoms with Crippen LogP contribution in [0.3, 0.4) is 0 Å². The van der Waals surface area contributed by atoms with Crippen LogP contribution in [0.4, 0.5) is 0 Å². The zero-order valence-electron chi connectivity index (χ0n) is 13.5. The zero-order chi connectivity index (χ0) is 14.3. The largest absolute Gasteiger partial charge is 0.310 e. The molecular formula is C18H31N. The van der Waals surface area contributed by atoms with E-state index in [0.29, 0.717) is 6.04 Å². The molecule has 0 spiro atoms. The van der Waals surface area contributed by atoms with E-state index in [1.807, 2.05) is 0 Å². The first-order valence-electron chi connectivity index (χ1n) is 7.91. The Balaban J connectivity index is 2.77. The summed E-state index contributed by atoms with van der Waals surface area (Å²) in [6, 6.07) is 5.25. The molecule has 0 bridgehead atoms. The van der Waals surface area contributed by atoms with Gasteiger partial charge in [0.15, 0.2) is 0 Å². The Morgan fingerprint density at radius 3 is 2.21 bits per heavy atom. The van der Waals surface area contributed by atoms with Crippen molar-refractivity contribution in [2.45, 2.75) is 72.8 Å². The highest BCUT2D eigenvalue weighted by Crippen LogP contribution is 2.26. The van der Waals surface area contributed by atoms with Crippen molar-refractivity contribution in [3.8, 4) is 0 Å². The predicted octanol–water partition coefficient (Wildman–Crippen LogP) is 5.23. The van der Waals surface area contributed by atoms with Crippen LogP contribution < -0.4 is 5.32 Å². The third kappa shape index (κ3) is 4.99. The maximum Gasteiger partial charge on any atom is 0.0322 e. The minimum atomic E-state index is 0.529. The lowest BCUT2D eigenvalue weighted by atomic mass is 9.92. The number of nitrogens with one attached hydrogen (secondary N) is 1. The summed E-state index contributed by atoms with van der Waals surface area (Å²) in [7, 11) is 0. The predicted molar refractivity (Wildman–Crippen MR) is 85.8 cm³/mol. The summed E-state index contributed by atoms with van der Waals surface area (Å²) < 4.78 is 0. The van der Waals surface area contributed by atoms with E-state index >= 15 is 0 Å². The fourth-order valence-corrected chi connectivity index (χ4v) is 2.75. The Labute approximate surface area is 119 Å². The van der Waals surface area contributed by atoms with Crippen LogP contribution >= 0.6 is 0 Å². The average Bonchev–Trinajstić information content (AvgIpc) is 2.38. The molecule has 1 aromatic rings. The number of rotatable bonds is 8. The Kier molecular flexibility index (Phi) is 7.15. The topological polar surface area (TPSA) is 12.0 Å². The molecule has 19 heavy (non-hydrogen) atoms. The van der Waals surface area contributed by atoms with Crippen LogP contribution in [-0.2, 0) is 0 Å². The maximum atomic E-state index is 3.66. The molecule has 1 atom stereocenters. The molecule has 1 rings (SSSR count). The Morgan fingerprint density at radius 2 is 1.58 bits per heavy atom. The minimum absolute atomic E-state index is 0.529. The van der Waals surface area contributed by atoms with Gasteiger partial charge in [-0.2, -0.15) is 0 Å².